The molecule has 0 radical (unpaired) electrons. The molecular formula is C26H23N5O3. The molecule has 1 aliphatic carbocycles. The summed E-state index contributed by atoms with van der Waals surface area (Å²) in [5, 5.41) is 28.9. The Labute approximate surface area is 195 Å². The van der Waals surface area contributed by atoms with Gasteiger partial charge in [-0.25, -0.2) is 4.98 Å². The zero-order valence-electron chi connectivity index (χ0n) is 18.8. The van der Waals surface area contributed by atoms with Crippen LogP contribution in [0.1, 0.15) is 52.7 Å². The van der Waals surface area contributed by atoms with Gasteiger partial charge in [0.1, 0.15) is 17.2 Å². The van der Waals surface area contributed by atoms with Crippen LogP contribution in [-0.2, 0) is 5.60 Å². The van der Waals surface area contributed by atoms with Crippen LogP contribution in [0.4, 0.5) is 0 Å². The van der Waals surface area contributed by atoms with Crippen molar-refractivity contribution in [3.05, 3.63) is 100 Å². The van der Waals surface area contributed by atoms with Crippen LogP contribution in [0.15, 0.2) is 65.7 Å². The number of nitrogens with zero attached hydrogens (tertiary/aromatic N) is 4. The van der Waals surface area contributed by atoms with E-state index >= 15 is 0 Å². The van der Waals surface area contributed by atoms with Gasteiger partial charge in [-0.15, -0.1) is 0 Å². The van der Waals surface area contributed by atoms with Gasteiger partial charge in [-0.2, -0.15) is 4.73 Å². The normalized spacial score (nSPS) is 15.5. The lowest BCUT2D eigenvalue weighted by Gasteiger charge is -2.29. The molecule has 5 aromatic rings. The van der Waals surface area contributed by atoms with Crippen molar-refractivity contribution in [3.63, 3.8) is 0 Å². The minimum Gasteiger partial charge on any atom is -0.619 e. The third kappa shape index (κ3) is 3.18. The predicted octanol–water partition coefficient (Wildman–Crippen LogP) is 4.02. The van der Waals surface area contributed by atoms with E-state index in [-0.39, 0.29) is 0 Å². The molecule has 34 heavy (non-hydrogen) atoms. The number of imidazole rings is 1. The second kappa shape index (κ2) is 7.50. The van der Waals surface area contributed by atoms with Gasteiger partial charge in [0.15, 0.2) is 12.4 Å². The number of pyridine rings is 2. The van der Waals surface area contributed by atoms with Gasteiger partial charge in [-0.05, 0) is 56.5 Å². The molecule has 1 saturated carbocycles. The molecule has 1 aromatic carbocycles. The van der Waals surface area contributed by atoms with E-state index in [2.05, 4.69) is 15.1 Å². The Morgan fingerprint density at radius 3 is 2.68 bits per heavy atom. The lowest BCUT2D eigenvalue weighted by Crippen LogP contribution is -2.34. The van der Waals surface area contributed by atoms with Crippen molar-refractivity contribution in [3.8, 4) is 11.1 Å². The van der Waals surface area contributed by atoms with Crippen molar-refractivity contribution in [2.45, 2.75) is 38.2 Å². The highest BCUT2D eigenvalue weighted by Gasteiger charge is 2.39. The molecule has 8 nitrogen and oxygen atoms in total. The molecule has 1 unspecified atom stereocenters. The number of hydrogen-bond acceptors (Lipinski definition) is 6. The molecule has 1 fully saturated rings. The summed E-state index contributed by atoms with van der Waals surface area (Å²) < 4.78 is 6.12. The molecule has 1 atom stereocenters. The van der Waals surface area contributed by atoms with E-state index in [4.69, 9.17) is 9.51 Å². The van der Waals surface area contributed by atoms with Gasteiger partial charge in [-0.1, -0.05) is 11.2 Å². The number of aromatic nitrogens is 5. The van der Waals surface area contributed by atoms with Gasteiger partial charge in [0.2, 0.25) is 0 Å². The molecule has 1 aliphatic rings. The lowest BCUT2D eigenvalue weighted by atomic mass is 9.80. The summed E-state index contributed by atoms with van der Waals surface area (Å²) in [7, 11) is 0. The van der Waals surface area contributed by atoms with Crippen molar-refractivity contribution < 1.29 is 14.4 Å². The minimum absolute atomic E-state index is 0.398. The Bertz CT molecular complexity index is 1500. The molecule has 6 rings (SSSR count). The van der Waals surface area contributed by atoms with Crippen LogP contribution in [0.3, 0.4) is 0 Å². The highest BCUT2D eigenvalue weighted by molar-refractivity contribution is 5.88. The van der Waals surface area contributed by atoms with Gasteiger partial charge in [0.05, 0.1) is 22.3 Å². The molecule has 0 bridgehead atoms. The topological polar surface area (TPSA) is 115 Å². The molecule has 170 valence electrons. The van der Waals surface area contributed by atoms with Gasteiger partial charge in [0, 0.05) is 41.1 Å². The SMILES string of the molecule is Cc1noc(C)c1-c1cc(C(O)(c2cccnc2)c2ccc[n+]([O-])c2)c2nc(C3CC3)[nH]c2c1. The zero-order chi connectivity index (χ0) is 23.4. The summed E-state index contributed by atoms with van der Waals surface area (Å²) >= 11 is 0. The van der Waals surface area contributed by atoms with Gasteiger partial charge in [-0.3, -0.25) is 4.98 Å². The number of H-pyrrole nitrogens is 1. The van der Waals surface area contributed by atoms with E-state index in [0.29, 0.717) is 38.6 Å². The van der Waals surface area contributed by atoms with Crippen molar-refractivity contribution in [2.24, 2.45) is 0 Å². The number of aromatic amines is 1. The third-order valence-corrected chi connectivity index (χ3v) is 6.55. The first-order chi connectivity index (χ1) is 16.4. The van der Waals surface area contributed by atoms with Crippen LogP contribution >= 0.6 is 0 Å². The first kappa shape index (κ1) is 20.6. The van der Waals surface area contributed by atoms with E-state index in [9.17, 15) is 10.3 Å². The van der Waals surface area contributed by atoms with E-state index in [0.717, 1.165) is 41.0 Å². The second-order valence-electron chi connectivity index (χ2n) is 8.92. The molecule has 0 aliphatic heterocycles. The van der Waals surface area contributed by atoms with Gasteiger partial charge >= 0.3 is 0 Å². The number of rotatable bonds is 5. The number of aryl methyl sites for hydroxylation is 2. The fraction of sp³-hybridized carbons (Fsp3) is 0.231. The maximum Gasteiger partial charge on any atom is 0.187 e. The lowest BCUT2D eigenvalue weighted by molar-refractivity contribution is -0.606. The summed E-state index contributed by atoms with van der Waals surface area (Å²) in [5.41, 5.74) is 3.77. The first-order valence-electron chi connectivity index (χ1n) is 11.2. The Hall–Kier alpha value is -4.04. The molecule has 8 heteroatoms. The number of fused-ring (bicyclic) bond motifs is 1. The van der Waals surface area contributed by atoms with Gasteiger partial charge in [0.25, 0.3) is 0 Å². The molecule has 0 spiro atoms. The Morgan fingerprint density at radius 1 is 1.18 bits per heavy atom. The van der Waals surface area contributed by atoms with E-state index in [1.807, 2.05) is 26.0 Å². The van der Waals surface area contributed by atoms with Crippen molar-refractivity contribution in [1.29, 1.82) is 0 Å². The third-order valence-electron chi connectivity index (χ3n) is 6.55. The van der Waals surface area contributed by atoms with E-state index in [1.165, 1.54) is 12.4 Å². The minimum atomic E-state index is -1.68. The molecule has 0 amide bonds. The molecular weight excluding hydrogens is 430 g/mol. The number of aliphatic hydroxyl groups is 1. The van der Waals surface area contributed by atoms with Crippen molar-refractivity contribution >= 4 is 11.0 Å². The Balaban J connectivity index is 1.70. The second-order valence-corrected chi connectivity index (χ2v) is 8.92. The summed E-state index contributed by atoms with van der Waals surface area (Å²) in [6.07, 6.45) is 8.23. The van der Waals surface area contributed by atoms with Crippen LogP contribution in [-0.4, -0.2) is 25.2 Å². The predicted molar refractivity (Wildman–Crippen MR) is 125 cm³/mol. The van der Waals surface area contributed by atoms with Crippen molar-refractivity contribution in [1.82, 2.24) is 20.1 Å². The highest BCUT2D eigenvalue weighted by Crippen LogP contribution is 2.44. The summed E-state index contributed by atoms with van der Waals surface area (Å²) in [4.78, 5) is 12.6. The number of nitrogens with one attached hydrogen (secondary N) is 1. The average molecular weight is 454 g/mol. The van der Waals surface area contributed by atoms with Gasteiger partial charge < -0.3 is 19.8 Å². The first-order valence-corrected chi connectivity index (χ1v) is 11.2. The smallest absolute Gasteiger partial charge is 0.187 e. The summed E-state index contributed by atoms with van der Waals surface area (Å²) in [6, 6.07) is 10.9. The molecule has 4 heterocycles. The fourth-order valence-electron chi connectivity index (χ4n) is 4.73. The van der Waals surface area contributed by atoms with E-state index in [1.54, 1.807) is 36.7 Å². The molecule has 0 saturated heterocycles. The van der Waals surface area contributed by atoms with Crippen molar-refractivity contribution in [2.75, 3.05) is 0 Å². The van der Waals surface area contributed by atoms with E-state index < -0.39 is 5.60 Å². The highest BCUT2D eigenvalue weighted by atomic mass is 16.5. The number of hydrogen-bond donors (Lipinski definition) is 2. The molecule has 4 aromatic heterocycles. The van der Waals surface area contributed by atoms with Crippen LogP contribution < -0.4 is 4.73 Å². The standard InChI is InChI=1S/C26H23N5O3/c1-15-23(16(2)34-30-15)18-11-21(24-22(12-18)28-25(29-24)17-7-8-17)26(32,19-5-3-9-27-13-19)20-6-4-10-31(33)14-20/h3-6,9-14,17,32H,7-8H2,1-2H3,(H,28,29). The largest absolute Gasteiger partial charge is 0.619 e. The maximum absolute atomic E-state index is 12.5. The average Bonchev–Trinajstić information content (AvgIpc) is 3.52. The number of benzene rings is 1. The zero-order valence-corrected chi connectivity index (χ0v) is 18.8. The van der Waals surface area contributed by atoms with Crippen LogP contribution in [0.2, 0.25) is 0 Å². The molecule has 2 N–H and O–H groups in total. The Kier molecular flexibility index (Phi) is 4.53. The monoisotopic (exact) mass is 453 g/mol. The maximum atomic E-state index is 12.5. The summed E-state index contributed by atoms with van der Waals surface area (Å²) in [5.74, 6) is 1.99. The van der Waals surface area contributed by atoms with Crippen LogP contribution in [0, 0.1) is 19.1 Å². The van der Waals surface area contributed by atoms with Crippen LogP contribution in [0.25, 0.3) is 22.2 Å². The fourth-order valence-corrected chi connectivity index (χ4v) is 4.73. The summed E-state index contributed by atoms with van der Waals surface area (Å²) in [6.45, 7) is 3.76. The van der Waals surface area contributed by atoms with Crippen LogP contribution in [0.5, 0.6) is 0 Å². The Morgan fingerprint density at radius 2 is 2.00 bits per heavy atom. The quantitative estimate of drug-likeness (QED) is 0.307.